The van der Waals surface area contributed by atoms with E-state index in [0.29, 0.717) is 18.4 Å². The van der Waals surface area contributed by atoms with E-state index in [9.17, 15) is 9.90 Å². The quantitative estimate of drug-likeness (QED) is 0.720. The van der Waals surface area contributed by atoms with Crippen molar-refractivity contribution in [3.63, 3.8) is 0 Å². The van der Waals surface area contributed by atoms with Gasteiger partial charge in [-0.25, -0.2) is 0 Å². The number of β-amino-alcohol motifs (C(OH)–C–C–N with tert-alkyl or cyclic N) is 1. The summed E-state index contributed by atoms with van der Waals surface area (Å²) >= 11 is 0. The topological polar surface area (TPSA) is 88.7 Å². The molecule has 0 spiro atoms. The summed E-state index contributed by atoms with van der Waals surface area (Å²) in [6.45, 7) is 2.42. The van der Waals surface area contributed by atoms with Crippen molar-refractivity contribution in [3.8, 4) is 0 Å². The second-order valence-electron chi connectivity index (χ2n) is 9.66. The molecule has 2 fully saturated rings. The van der Waals surface area contributed by atoms with E-state index >= 15 is 0 Å². The number of pyridine rings is 1. The number of piperidine rings is 1. The smallest absolute Gasteiger partial charge is 0.267 e. The van der Waals surface area contributed by atoms with E-state index in [1.54, 1.807) is 13.3 Å². The van der Waals surface area contributed by atoms with Gasteiger partial charge in [-0.3, -0.25) is 14.7 Å². The van der Waals surface area contributed by atoms with Gasteiger partial charge < -0.3 is 15.6 Å². The number of amides is 1. The molecule has 1 saturated carbocycles. The summed E-state index contributed by atoms with van der Waals surface area (Å²) in [4.78, 5) is 18.3. The number of nitrogens with two attached hydrogens (primary N) is 1. The van der Waals surface area contributed by atoms with Crippen LogP contribution in [-0.4, -0.2) is 53.2 Å². The summed E-state index contributed by atoms with van der Waals surface area (Å²) in [5, 5.41) is 11.4. The van der Waals surface area contributed by atoms with E-state index in [0.717, 1.165) is 44.3 Å². The molecule has 7 heteroatoms. The summed E-state index contributed by atoms with van der Waals surface area (Å²) in [5.74, 6) is 0.0692. The number of likely N-dealkylation sites (tertiary alicyclic amines) is 1. The molecule has 6 nitrogen and oxygen atoms in total. The van der Waals surface area contributed by atoms with Gasteiger partial charge in [-0.15, -0.1) is 12.4 Å². The second kappa shape index (κ2) is 8.75. The van der Waals surface area contributed by atoms with E-state index in [4.69, 9.17) is 10.5 Å². The van der Waals surface area contributed by atoms with Crippen molar-refractivity contribution >= 4 is 18.3 Å². The Kier molecular flexibility index (Phi) is 6.34. The summed E-state index contributed by atoms with van der Waals surface area (Å²) in [6.07, 6.45) is 6.41. The van der Waals surface area contributed by atoms with Crippen LogP contribution in [0.5, 0.6) is 0 Å². The van der Waals surface area contributed by atoms with Gasteiger partial charge in [0.1, 0.15) is 11.3 Å². The summed E-state index contributed by atoms with van der Waals surface area (Å²) in [6, 6.07) is 12.2. The molecule has 3 N–H and O–H groups in total. The van der Waals surface area contributed by atoms with Crippen LogP contribution in [0.3, 0.4) is 0 Å². The highest BCUT2D eigenvalue weighted by Gasteiger charge is 2.54. The molecular weight excluding hydrogens is 426 g/mol. The molecule has 1 aromatic heterocycles. The Morgan fingerprint density at radius 2 is 1.81 bits per heavy atom. The summed E-state index contributed by atoms with van der Waals surface area (Å²) in [5.41, 5.74) is 8.17. The average molecular weight is 458 g/mol. The minimum absolute atomic E-state index is 0. The fourth-order valence-electron chi connectivity index (χ4n) is 6.59. The number of benzene rings is 1. The monoisotopic (exact) mass is 457 g/mol. The normalized spacial score (nSPS) is 28.6. The Bertz CT molecular complexity index is 959. The molecule has 172 valence electrons. The lowest BCUT2D eigenvalue weighted by molar-refractivity contribution is -0.175. The lowest BCUT2D eigenvalue weighted by Crippen LogP contribution is -2.61. The number of rotatable bonds is 5. The molecule has 2 atom stereocenters. The van der Waals surface area contributed by atoms with E-state index in [1.807, 2.05) is 12.1 Å². The van der Waals surface area contributed by atoms with Crippen LogP contribution in [0.2, 0.25) is 0 Å². The third kappa shape index (κ3) is 3.83. The van der Waals surface area contributed by atoms with Gasteiger partial charge in [-0.1, -0.05) is 30.7 Å². The lowest BCUT2D eigenvalue weighted by Gasteiger charge is -2.56. The SMILES string of the molecule is COC1(c2ccnc(C(N)=O)c2)C2CCCC1CN(CC1(O)Cc3ccccc3C1)C2.Cl. The third-order valence-electron chi connectivity index (χ3n) is 7.75. The van der Waals surface area contributed by atoms with Crippen molar-refractivity contribution < 1.29 is 14.6 Å². The van der Waals surface area contributed by atoms with Crippen LogP contribution in [0.25, 0.3) is 0 Å². The fourth-order valence-corrected chi connectivity index (χ4v) is 6.59. The zero-order chi connectivity index (χ0) is 21.6. The first-order valence-electron chi connectivity index (χ1n) is 11.3. The number of ether oxygens (including phenoxy) is 1. The van der Waals surface area contributed by atoms with Crippen LogP contribution < -0.4 is 5.73 Å². The molecule has 2 unspecified atom stereocenters. The van der Waals surface area contributed by atoms with Crippen molar-refractivity contribution in [2.24, 2.45) is 17.6 Å². The first-order chi connectivity index (χ1) is 14.9. The van der Waals surface area contributed by atoms with Gasteiger partial charge in [-0.05, 0) is 41.7 Å². The first-order valence-corrected chi connectivity index (χ1v) is 11.3. The number of primary amides is 1. The highest BCUT2D eigenvalue weighted by Crippen LogP contribution is 2.51. The third-order valence-corrected chi connectivity index (χ3v) is 7.75. The molecule has 2 heterocycles. The number of fused-ring (bicyclic) bond motifs is 3. The number of aromatic nitrogens is 1. The number of hydrogen-bond acceptors (Lipinski definition) is 5. The van der Waals surface area contributed by atoms with E-state index in [2.05, 4.69) is 34.1 Å². The van der Waals surface area contributed by atoms with Crippen LogP contribution in [0.4, 0.5) is 0 Å². The van der Waals surface area contributed by atoms with Crippen LogP contribution in [0.15, 0.2) is 42.6 Å². The maximum Gasteiger partial charge on any atom is 0.267 e. The number of aliphatic hydroxyl groups is 1. The molecule has 2 bridgehead atoms. The molecule has 1 aliphatic heterocycles. The Morgan fingerprint density at radius 3 is 2.38 bits per heavy atom. The van der Waals surface area contributed by atoms with Gasteiger partial charge in [0.25, 0.3) is 5.91 Å². The zero-order valence-electron chi connectivity index (χ0n) is 18.5. The van der Waals surface area contributed by atoms with Crippen molar-refractivity contribution in [2.45, 2.75) is 43.3 Å². The number of halogens is 1. The highest BCUT2D eigenvalue weighted by molar-refractivity contribution is 5.90. The largest absolute Gasteiger partial charge is 0.388 e. The summed E-state index contributed by atoms with van der Waals surface area (Å²) < 4.78 is 6.29. The molecule has 1 amide bonds. The number of hydrogen-bond donors (Lipinski definition) is 2. The minimum Gasteiger partial charge on any atom is -0.388 e. The van der Waals surface area contributed by atoms with Crippen LogP contribution in [0.1, 0.15) is 46.4 Å². The number of carbonyl (C=O) groups is 1. The van der Waals surface area contributed by atoms with Crippen molar-refractivity contribution in [1.29, 1.82) is 0 Å². The molecule has 2 aromatic rings. The Hall–Kier alpha value is -1.99. The zero-order valence-corrected chi connectivity index (χ0v) is 19.3. The standard InChI is InChI=1S/C25H31N3O3.ClH/c1-31-25(19-9-10-27-22(11-19)23(26)29)20-7-4-8-21(25)15-28(14-20)16-24(30)12-17-5-2-3-6-18(17)13-24;/h2-3,5-6,9-11,20-21,30H,4,7-8,12-16H2,1H3,(H2,26,29);1H. The molecule has 32 heavy (non-hydrogen) atoms. The average Bonchev–Trinajstić information content (AvgIpc) is 3.08. The Labute approximate surface area is 195 Å². The van der Waals surface area contributed by atoms with Crippen molar-refractivity contribution in [3.05, 3.63) is 65.0 Å². The number of methoxy groups -OCH3 is 1. The molecule has 0 radical (unpaired) electrons. The van der Waals surface area contributed by atoms with Crippen LogP contribution >= 0.6 is 12.4 Å². The molecule has 5 rings (SSSR count). The fraction of sp³-hybridized carbons (Fsp3) is 0.520. The van der Waals surface area contributed by atoms with Gasteiger partial charge in [0.2, 0.25) is 0 Å². The first kappa shape index (κ1) is 23.2. The van der Waals surface area contributed by atoms with Gasteiger partial charge >= 0.3 is 0 Å². The Balaban J connectivity index is 0.00000245. The molecule has 3 aliphatic rings. The van der Waals surface area contributed by atoms with E-state index < -0.39 is 17.1 Å². The van der Waals surface area contributed by atoms with Gasteiger partial charge in [0.15, 0.2) is 0 Å². The van der Waals surface area contributed by atoms with E-state index in [-0.39, 0.29) is 18.1 Å². The number of nitrogens with zero attached hydrogens (tertiary/aromatic N) is 2. The molecular formula is C25H32ClN3O3. The molecule has 1 aromatic carbocycles. The number of carbonyl (C=O) groups excluding carboxylic acids is 1. The molecule has 2 aliphatic carbocycles. The van der Waals surface area contributed by atoms with Crippen molar-refractivity contribution in [2.75, 3.05) is 26.7 Å². The maximum absolute atomic E-state index is 11.7. The van der Waals surface area contributed by atoms with E-state index in [1.165, 1.54) is 17.5 Å². The van der Waals surface area contributed by atoms with Crippen molar-refractivity contribution in [1.82, 2.24) is 9.88 Å². The lowest BCUT2D eigenvalue weighted by atomic mass is 9.62. The predicted octanol–water partition coefficient (Wildman–Crippen LogP) is 2.71. The Morgan fingerprint density at radius 1 is 1.19 bits per heavy atom. The molecule has 1 saturated heterocycles. The maximum atomic E-state index is 11.7. The minimum atomic E-state index is -0.707. The summed E-state index contributed by atoms with van der Waals surface area (Å²) in [7, 11) is 1.78. The van der Waals surface area contributed by atoms with Gasteiger partial charge in [0, 0.05) is 57.6 Å². The second-order valence-corrected chi connectivity index (χ2v) is 9.66. The highest BCUT2D eigenvalue weighted by atomic mass is 35.5. The van der Waals surface area contributed by atoms with Gasteiger partial charge in [0.05, 0.1) is 5.60 Å². The van der Waals surface area contributed by atoms with Gasteiger partial charge in [-0.2, -0.15) is 0 Å². The van der Waals surface area contributed by atoms with Crippen LogP contribution in [-0.2, 0) is 23.2 Å². The predicted molar refractivity (Wildman–Crippen MR) is 125 cm³/mol. The van der Waals surface area contributed by atoms with Crippen LogP contribution in [0, 0.1) is 11.8 Å².